The largest absolute Gasteiger partial charge is 0.506 e. The minimum Gasteiger partial charge on any atom is -0.506 e. The summed E-state index contributed by atoms with van der Waals surface area (Å²) in [6.45, 7) is 0.111. The van der Waals surface area contributed by atoms with Crippen molar-refractivity contribution >= 4 is 5.69 Å². The summed E-state index contributed by atoms with van der Waals surface area (Å²) in [4.78, 5) is 0. The molecule has 0 atom stereocenters. The topological polar surface area (TPSA) is 46.2 Å². The Balaban J connectivity index is 3.14. The van der Waals surface area contributed by atoms with Crippen LogP contribution in [0, 0.1) is 6.90 Å². The van der Waals surface area contributed by atoms with Crippen molar-refractivity contribution in [3.8, 4) is 5.75 Å². The molecule has 1 aromatic rings. The number of aryl methyl sites for hydroxylation is 1. The van der Waals surface area contributed by atoms with Crippen LogP contribution in [0.1, 0.15) is 6.93 Å². The molecule has 3 N–H and O–H groups in total. The van der Waals surface area contributed by atoms with Gasteiger partial charge in [0.2, 0.25) is 0 Å². The summed E-state index contributed by atoms with van der Waals surface area (Å²) in [7, 11) is 0. The van der Waals surface area contributed by atoms with Crippen LogP contribution in [-0.4, -0.2) is 5.11 Å². The summed E-state index contributed by atoms with van der Waals surface area (Å²) < 4.78 is 6.99. The number of anilines is 1. The molecule has 0 saturated heterocycles. The first-order chi connectivity index (χ1) is 4.75. The van der Waals surface area contributed by atoms with Crippen LogP contribution in [-0.2, 0) is 0 Å². The average molecular weight is 124 g/mol. The standard InChI is InChI=1S/C7H9NO/c1-5-3-2-4-6(9)7(5)8/h2-4,9H,8H2,1H3/i1D. The van der Waals surface area contributed by atoms with E-state index in [9.17, 15) is 0 Å². The Kier molecular flexibility index (Phi) is 1.03. The molecule has 48 valence electrons. The van der Waals surface area contributed by atoms with Gasteiger partial charge in [-0.25, -0.2) is 0 Å². The van der Waals surface area contributed by atoms with E-state index in [-0.39, 0.29) is 12.6 Å². The van der Waals surface area contributed by atoms with Gasteiger partial charge in [-0.3, -0.25) is 0 Å². The SMILES string of the molecule is [2H]Cc1cccc(O)c1N. The number of rotatable bonds is 0. The van der Waals surface area contributed by atoms with E-state index < -0.39 is 0 Å². The van der Waals surface area contributed by atoms with Crippen molar-refractivity contribution in [2.24, 2.45) is 0 Å². The number of aromatic hydroxyl groups is 1. The molecule has 0 fully saturated rings. The highest BCUT2D eigenvalue weighted by molar-refractivity contribution is 5.56. The highest BCUT2D eigenvalue weighted by Crippen LogP contribution is 2.21. The Hall–Kier alpha value is -1.18. The second kappa shape index (κ2) is 1.97. The number of nitrogens with two attached hydrogens (primary N) is 1. The Morgan fingerprint density at radius 3 is 3.00 bits per heavy atom. The van der Waals surface area contributed by atoms with Crippen molar-refractivity contribution in [3.63, 3.8) is 0 Å². The summed E-state index contributed by atoms with van der Waals surface area (Å²) in [5.41, 5.74) is 6.41. The van der Waals surface area contributed by atoms with Crippen LogP contribution in [0.15, 0.2) is 18.2 Å². The molecule has 0 unspecified atom stereocenters. The third-order valence-electron chi connectivity index (χ3n) is 1.17. The van der Waals surface area contributed by atoms with E-state index in [1.165, 1.54) is 6.07 Å². The number of phenols is 1. The molecule has 0 saturated carbocycles. The third kappa shape index (κ3) is 0.964. The van der Waals surface area contributed by atoms with E-state index >= 15 is 0 Å². The number of hydrogen-bond acceptors (Lipinski definition) is 2. The lowest BCUT2D eigenvalue weighted by Gasteiger charge is -1.99. The molecule has 0 amide bonds. The van der Waals surface area contributed by atoms with Gasteiger partial charge in [0.15, 0.2) is 0 Å². The van der Waals surface area contributed by atoms with E-state index in [0.717, 1.165) is 0 Å². The molecule has 0 aliphatic rings. The lowest BCUT2D eigenvalue weighted by molar-refractivity contribution is 0.477. The van der Waals surface area contributed by atoms with Crippen molar-refractivity contribution in [1.29, 1.82) is 0 Å². The van der Waals surface area contributed by atoms with Gasteiger partial charge in [-0.05, 0) is 18.5 Å². The maximum atomic E-state index is 9.02. The van der Waals surface area contributed by atoms with Crippen LogP contribution < -0.4 is 5.73 Å². The fraction of sp³-hybridized carbons (Fsp3) is 0.143. The van der Waals surface area contributed by atoms with Gasteiger partial charge in [-0.1, -0.05) is 12.1 Å². The molecule has 2 heteroatoms. The predicted octanol–water partition coefficient (Wildman–Crippen LogP) is 1.28. The first-order valence-electron chi connectivity index (χ1n) is 3.32. The lowest BCUT2D eigenvalue weighted by atomic mass is 10.2. The fourth-order valence-corrected chi connectivity index (χ4v) is 0.599. The highest BCUT2D eigenvalue weighted by atomic mass is 16.3. The second-order valence-electron chi connectivity index (χ2n) is 1.85. The van der Waals surface area contributed by atoms with Crippen LogP contribution in [0.3, 0.4) is 0 Å². The van der Waals surface area contributed by atoms with Crippen molar-refractivity contribution < 1.29 is 6.48 Å². The zero-order chi connectivity index (χ0) is 7.56. The van der Waals surface area contributed by atoms with Crippen LogP contribution in [0.2, 0.25) is 0 Å². The van der Waals surface area contributed by atoms with Crippen molar-refractivity contribution in [2.45, 2.75) is 6.90 Å². The molecule has 9 heavy (non-hydrogen) atoms. The number of hydrogen-bond donors (Lipinski definition) is 2. The Morgan fingerprint density at radius 1 is 1.67 bits per heavy atom. The quantitative estimate of drug-likeness (QED) is 0.404. The maximum absolute atomic E-state index is 9.02. The zero-order valence-corrected chi connectivity index (χ0v) is 4.96. The van der Waals surface area contributed by atoms with Crippen molar-refractivity contribution in [2.75, 3.05) is 5.73 Å². The van der Waals surface area contributed by atoms with Crippen molar-refractivity contribution in [3.05, 3.63) is 23.8 Å². The molecule has 0 aliphatic heterocycles. The number of benzene rings is 1. The lowest BCUT2D eigenvalue weighted by Crippen LogP contribution is -1.88. The zero-order valence-electron chi connectivity index (χ0n) is 5.96. The third-order valence-corrected chi connectivity index (χ3v) is 1.17. The molecule has 1 aromatic carbocycles. The van der Waals surface area contributed by atoms with E-state index in [1.54, 1.807) is 12.1 Å². The summed E-state index contributed by atoms with van der Waals surface area (Å²) >= 11 is 0. The number of para-hydroxylation sites is 1. The van der Waals surface area contributed by atoms with Gasteiger partial charge in [0.05, 0.1) is 5.69 Å². The highest BCUT2D eigenvalue weighted by Gasteiger charge is 1.95. The molecular formula is C7H9NO. The number of phenolic OH excluding ortho intramolecular Hbond substituents is 1. The first-order valence-corrected chi connectivity index (χ1v) is 2.61. The van der Waals surface area contributed by atoms with Gasteiger partial charge in [0.1, 0.15) is 5.75 Å². The van der Waals surface area contributed by atoms with Gasteiger partial charge < -0.3 is 10.8 Å². The second-order valence-corrected chi connectivity index (χ2v) is 1.85. The van der Waals surface area contributed by atoms with Gasteiger partial charge >= 0.3 is 0 Å². The Morgan fingerprint density at radius 2 is 2.44 bits per heavy atom. The molecule has 0 spiro atoms. The van der Waals surface area contributed by atoms with E-state index in [2.05, 4.69) is 0 Å². The van der Waals surface area contributed by atoms with Gasteiger partial charge in [0, 0.05) is 1.37 Å². The van der Waals surface area contributed by atoms with Crippen molar-refractivity contribution in [1.82, 2.24) is 0 Å². The molecular weight excluding hydrogens is 114 g/mol. The van der Waals surface area contributed by atoms with Crippen LogP contribution in [0.4, 0.5) is 5.69 Å². The van der Waals surface area contributed by atoms with Gasteiger partial charge in [-0.2, -0.15) is 0 Å². The molecule has 0 aliphatic carbocycles. The monoisotopic (exact) mass is 124 g/mol. The molecule has 0 radical (unpaired) electrons. The predicted molar refractivity (Wildman–Crippen MR) is 37.3 cm³/mol. The van der Waals surface area contributed by atoms with Crippen LogP contribution in [0.25, 0.3) is 0 Å². The van der Waals surface area contributed by atoms with Gasteiger partial charge in [-0.15, -0.1) is 0 Å². The van der Waals surface area contributed by atoms with Gasteiger partial charge in [0.25, 0.3) is 0 Å². The molecule has 1 rings (SSSR count). The molecule has 2 nitrogen and oxygen atoms in total. The summed E-state index contributed by atoms with van der Waals surface area (Å²) in [6, 6.07) is 4.91. The smallest absolute Gasteiger partial charge is 0.138 e. The average Bonchev–Trinajstić information content (AvgIpc) is 1.95. The Bertz CT molecular complexity index is 237. The summed E-state index contributed by atoms with van der Waals surface area (Å²) in [5, 5.41) is 9.02. The molecule has 0 aromatic heterocycles. The normalized spacial score (nSPS) is 10.9. The first kappa shape index (κ1) is 4.68. The summed E-state index contributed by atoms with van der Waals surface area (Å²) in [6.07, 6.45) is 0. The van der Waals surface area contributed by atoms with Crippen LogP contribution >= 0.6 is 0 Å². The maximum Gasteiger partial charge on any atom is 0.138 e. The van der Waals surface area contributed by atoms with E-state index in [4.69, 9.17) is 12.2 Å². The molecule has 0 heterocycles. The Labute approximate surface area is 55.3 Å². The molecule has 0 bridgehead atoms. The van der Waals surface area contributed by atoms with E-state index in [1.807, 2.05) is 0 Å². The minimum absolute atomic E-state index is 0.0600. The summed E-state index contributed by atoms with van der Waals surface area (Å²) in [5.74, 6) is 0.0600. The van der Waals surface area contributed by atoms with E-state index in [0.29, 0.717) is 11.3 Å². The van der Waals surface area contributed by atoms with Crippen LogP contribution in [0.5, 0.6) is 5.75 Å². The fourth-order valence-electron chi connectivity index (χ4n) is 0.599. The number of nitrogen functional groups attached to an aromatic ring is 1. The minimum atomic E-state index is 0.0600.